The SMILES string of the molecule is N#Cc1ccc2c3c(cccc13)-c1cc(-c3cc4c5ccccc5c(-c5ccccc5)cc4c4ccccc34)ccc1O2.N#Cc1ccc2c3c(cccc13)-c1cc(-c3cc4c5ccccc5ccc4c4ccccc34)ccc1O2.[C-]#[N+]c1cc2c3c(cccc3c1)-c1ccc(-c3ccc(-c4cc5c6ccccc6c(-c6cccc7ccccc67)cc5c5ccccc45)cc3)cc1O2. The van der Waals surface area contributed by atoms with Crippen LogP contribution < -0.4 is 14.2 Å². The van der Waals surface area contributed by atoms with Crippen molar-refractivity contribution in [2.24, 2.45) is 0 Å². The van der Waals surface area contributed by atoms with Gasteiger partial charge in [0.2, 0.25) is 0 Å². The second-order valence-corrected chi connectivity index (χ2v) is 34.7. The van der Waals surface area contributed by atoms with Crippen LogP contribution >= 0.6 is 0 Å². The van der Waals surface area contributed by atoms with Gasteiger partial charge in [0.25, 0.3) is 0 Å². The van der Waals surface area contributed by atoms with Crippen LogP contribution in [0.3, 0.4) is 0 Å². The summed E-state index contributed by atoms with van der Waals surface area (Å²) in [7, 11) is 0. The van der Waals surface area contributed by atoms with Crippen molar-refractivity contribution in [2.45, 2.75) is 0 Å². The summed E-state index contributed by atoms with van der Waals surface area (Å²) in [6.07, 6.45) is 0. The first kappa shape index (κ1) is 76.0. The fraction of sp³-hybridized carbons (Fsp3) is 0. The lowest BCUT2D eigenvalue weighted by atomic mass is 9.86. The summed E-state index contributed by atoms with van der Waals surface area (Å²) in [6.45, 7) is 7.59. The highest BCUT2D eigenvalue weighted by molar-refractivity contribution is 6.28. The Morgan fingerprint density at radius 1 is 0.173 bits per heavy atom. The van der Waals surface area contributed by atoms with Gasteiger partial charge in [-0.15, -0.1) is 0 Å². The summed E-state index contributed by atoms with van der Waals surface area (Å²) in [5, 5.41) is 50.3. The minimum absolute atomic E-state index is 0.583. The van der Waals surface area contributed by atoms with Crippen molar-refractivity contribution in [3.05, 3.63) is 453 Å². The Kier molecular flexibility index (Phi) is 17.4. The molecule has 0 saturated carbocycles. The molecule has 0 N–H and O–H groups in total. The normalized spacial score (nSPS) is 11.9. The van der Waals surface area contributed by atoms with Crippen LogP contribution in [0.5, 0.6) is 34.5 Å². The molecule has 0 unspecified atom stereocenters. The van der Waals surface area contributed by atoms with Crippen LogP contribution in [0.1, 0.15) is 11.1 Å². The van der Waals surface area contributed by atoms with Crippen molar-refractivity contribution in [2.75, 3.05) is 0 Å². The molecule has 0 radical (unpaired) electrons. The molecule has 6 nitrogen and oxygen atoms in total. The maximum absolute atomic E-state index is 9.75. The molecule has 612 valence electrons. The molecular weight excluding hydrogens is 1620 g/mol. The third-order valence-electron chi connectivity index (χ3n) is 27.6. The van der Waals surface area contributed by atoms with E-state index in [1.54, 1.807) is 0 Å². The van der Waals surface area contributed by atoms with E-state index in [0.29, 0.717) is 16.8 Å². The van der Waals surface area contributed by atoms with Gasteiger partial charge in [0.15, 0.2) is 5.69 Å². The van der Waals surface area contributed by atoms with Gasteiger partial charge in [-0.3, -0.25) is 0 Å². The zero-order chi connectivity index (χ0) is 88.0. The van der Waals surface area contributed by atoms with E-state index in [2.05, 4.69) is 381 Å². The smallest absolute Gasteiger partial charge is 0.191 e. The van der Waals surface area contributed by atoms with Crippen LogP contribution in [0.4, 0.5) is 5.69 Å². The molecule has 3 aliphatic heterocycles. The van der Waals surface area contributed by atoms with E-state index in [0.717, 1.165) is 122 Å². The second kappa shape index (κ2) is 30.5. The van der Waals surface area contributed by atoms with E-state index in [4.69, 9.17) is 20.8 Å². The first-order valence-electron chi connectivity index (χ1n) is 44.9. The fourth-order valence-corrected chi connectivity index (χ4v) is 21.5. The third kappa shape index (κ3) is 12.2. The molecule has 0 atom stereocenters. The molecule has 0 aromatic heterocycles. The second-order valence-electron chi connectivity index (χ2n) is 34.7. The maximum Gasteiger partial charge on any atom is 0.191 e. The highest BCUT2D eigenvalue weighted by Gasteiger charge is 2.28. The summed E-state index contributed by atoms with van der Waals surface area (Å²) in [6, 6.07) is 158. The molecule has 0 bridgehead atoms. The van der Waals surface area contributed by atoms with Gasteiger partial charge in [-0.25, -0.2) is 4.85 Å². The molecule has 0 spiro atoms. The van der Waals surface area contributed by atoms with Gasteiger partial charge in [-0.05, 0) is 300 Å². The van der Waals surface area contributed by atoms with Gasteiger partial charge in [0.1, 0.15) is 34.5 Å². The lowest BCUT2D eigenvalue weighted by Gasteiger charge is -2.23. The Balaban J connectivity index is 0.000000106. The summed E-state index contributed by atoms with van der Waals surface area (Å²) in [5.74, 6) is 4.81. The fourth-order valence-electron chi connectivity index (χ4n) is 21.5. The quantitative estimate of drug-likeness (QED) is 0.122. The largest absolute Gasteiger partial charge is 0.457 e. The van der Waals surface area contributed by atoms with Gasteiger partial charge >= 0.3 is 0 Å². The zero-order valence-electron chi connectivity index (χ0n) is 71.6. The van der Waals surface area contributed by atoms with E-state index < -0.39 is 0 Å². The van der Waals surface area contributed by atoms with Crippen LogP contribution in [-0.4, -0.2) is 0 Å². The van der Waals surface area contributed by atoms with Crippen molar-refractivity contribution < 1.29 is 14.2 Å². The van der Waals surface area contributed by atoms with Crippen LogP contribution in [0, 0.1) is 29.2 Å². The summed E-state index contributed by atoms with van der Waals surface area (Å²) >= 11 is 0. The minimum atomic E-state index is 0.583. The van der Waals surface area contributed by atoms with Crippen LogP contribution in [0.2, 0.25) is 0 Å². The number of hydrogen-bond acceptors (Lipinski definition) is 5. The number of hydrogen-bond donors (Lipinski definition) is 0. The molecule has 0 amide bonds. The van der Waals surface area contributed by atoms with Crippen molar-refractivity contribution in [1.29, 1.82) is 10.5 Å². The average Bonchev–Trinajstić information content (AvgIpc) is 0.732. The van der Waals surface area contributed by atoms with Crippen LogP contribution in [-0.2, 0) is 0 Å². The lowest BCUT2D eigenvalue weighted by Crippen LogP contribution is -1.98. The average molecular weight is 1690 g/mol. The predicted octanol–water partition coefficient (Wildman–Crippen LogP) is 35.7. The molecule has 25 aromatic carbocycles. The van der Waals surface area contributed by atoms with E-state index >= 15 is 0 Å². The molecule has 25 aromatic rings. The Morgan fingerprint density at radius 3 is 1.05 bits per heavy atom. The molecule has 3 aliphatic rings. The van der Waals surface area contributed by atoms with Crippen molar-refractivity contribution in [3.63, 3.8) is 0 Å². The third-order valence-corrected chi connectivity index (χ3v) is 27.6. The predicted molar refractivity (Wildman–Crippen MR) is 552 cm³/mol. The standard InChI is InChI=1S/C51H29NO.C41H23NO.C35H19NO/c1-52-36-26-35-12-9-19-44-43-25-24-34(27-49(43)53-50(28-36)51(35)44)31-20-22-33(23-21-31)45-29-47-42-17-7-6-16-41(42)46(30-48(47)40-15-5-4-14-39(40)45)38-18-8-11-32-10-2-3-13-37(32)38;42-24-27-18-20-40-41-28(27)15-8-16-33(41)38-21-26(17-19-39(38)43-40)35-23-37-31-13-6-4-11-29(31)34(25-9-2-1-3-10-25)22-36(37)32-14-7-5-12-30(32)35;36-20-23-14-17-34-35-25(23)10-5-11-29(35)32-18-22(13-16-33(32)37-34)30-19-31-24-7-2-1-6-21(24)12-15-28(31)26-8-3-4-9-27(26)30/h2-30H;1-23H;1-19H. The number of rotatable bonds is 6. The van der Waals surface area contributed by atoms with Gasteiger partial charge in [0, 0.05) is 43.6 Å². The van der Waals surface area contributed by atoms with Gasteiger partial charge in [-0.1, -0.05) is 328 Å². The van der Waals surface area contributed by atoms with E-state index in [9.17, 15) is 10.5 Å². The first-order valence-corrected chi connectivity index (χ1v) is 44.9. The number of fused-ring (bicyclic) bond motifs is 22. The summed E-state index contributed by atoms with van der Waals surface area (Å²) in [4.78, 5) is 3.68. The summed E-state index contributed by atoms with van der Waals surface area (Å²) in [5.41, 5.74) is 22.6. The molecular formula is C127H71N3O3. The highest BCUT2D eigenvalue weighted by Crippen LogP contribution is 2.55. The van der Waals surface area contributed by atoms with Crippen molar-refractivity contribution in [3.8, 4) is 147 Å². The molecule has 6 heteroatoms. The van der Waals surface area contributed by atoms with Crippen LogP contribution in [0.25, 0.3) is 245 Å². The minimum Gasteiger partial charge on any atom is -0.457 e. The van der Waals surface area contributed by atoms with Gasteiger partial charge < -0.3 is 14.2 Å². The Bertz CT molecular complexity index is 9540. The maximum atomic E-state index is 9.75. The molecule has 133 heavy (non-hydrogen) atoms. The van der Waals surface area contributed by atoms with Crippen molar-refractivity contribution >= 4 is 146 Å². The molecule has 0 saturated heterocycles. The molecule has 28 rings (SSSR count). The summed E-state index contributed by atoms with van der Waals surface area (Å²) < 4.78 is 19.2. The Hall–Kier alpha value is -18.3. The van der Waals surface area contributed by atoms with Crippen LogP contribution in [0.15, 0.2) is 431 Å². The topological polar surface area (TPSA) is 79.6 Å². The monoisotopic (exact) mass is 1690 g/mol. The number of benzene rings is 25. The first-order chi connectivity index (χ1) is 65.8. The number of ether oxygens (including phenoxy) is 3. The van der Waals surface area contributed by atoms with Crippen molar-refractivity contribution in [1.82, 2.24) is 0 Å². The van der Waals surface area contributed by atoms with E-state index in [-0.39, 0.29) is 0 Å². The highest BCUT2D eigenvalue weighted by atomic mass is 16.5. The van der Waals surface area contributed by atoms with E-state index in [1.807, 2.05) is 66.7 Å². The Labute approximate surface area is 765 Å². The molecule has 0 aliphatic carbocycles. The zero-order valence-corrected chi connectivity index (χ0v) is 71.6. The molecule has 0 fully saturated rings. The molecule has 3 heterocycles. The van der Waals surface area contributed by atoms with E-state index in [1.165, 1.54) is 152 Å². The number of nitrogens with zero attached hydrogens (tertiary/aromatic N) is 3. The lowest BCUT2D eigenvalue weighted by molar-refractivity contribution is 0.487. The Morgan fingerprint density at radius 2 is 0.526 bits per heavy atom. The van der Waals surface area contributed by atoms with Gasteiger partial charge in [0.05, 0.1) is 29.8 Å². The van der Waals surface area contributed by atoms with Gasteiger partial charge in [-0.2, -0.15) is 10.5 Å². The number of nitriles is 2.